The van der Waals surface area contributed by atoms with Crippen molar-refractivity contribution in [2.24, 2.45) is 0 Å². The Kier molecular flexibility index (Phi) is 3.78. The van der Waals surface area contributed by atoms with Crippen molar-refractivity contribution < 1.29 is 4.79 Å². The van der Waals surface area contributed by atoms with E-state index in [1.165, 1.54) is 0 Å². The zero-order chi connectivity index (χ0) is 12.8. The van der Waals surface area contributed by atoms with E-state index in [0.29, 0.717) is 6.41 Å². The summed E-state index contributed by atoms with van der Waals surface area (Å²) < 4.78 is 0. The van der Waals surface area contributed by atoms with Gasteiger partial charge in [0.25, 0.3) is 0 Å². The molecule has 2 aromatic carbocycles. The van der Waals surface area contributed by atoms with Gasteiger partial charge in [0.15, 0.2) is 0 Å². The summed E-state index contributed by atoms with van der Waals surface area (Å²) in [5, 5.41) is 2.64. The van der Waals surface area contributed by atoms with E-state index in [2.05, 4.69) is 17.2 Å². The van der Waals surface area contributed by atoms with Gasteiger partial charge in [0, 0.05) is 11.1 Å². The van der Waals surface area contributed by atoms with Crippen LogP contribution < -0.4 is 5.32 Å². The molecule has 2 aromatic rings. The molecule has 0 fully saturated rings. The third kappa shape index (κ3) is 2.78. The summed E-state index contributed by atoms with van der Waals surface area (Å²) >= 11 is 0. The Morgan fingerprint density at radius 3 is 2.28 bits per heavy atom. The van der Waals surface area contributed by atoms with Crippen molar-refractivity contribution in [3.05, 3.63) is 65.2 Å². The fraction of sp³-hybridized carbons (Fsp3) is 0.0625. The van der Waals surface area contributed by atoms with Crippen LogP contribution in [0.25, 0.3) is 0 Å². The van der Waals surface area contributed by atoms with Crippen LogP contribution >= 0.6 is 0 Å². The van der Waals surface area contributed by atoms with Gasteiger partial charge in [0.05, 0.1) is 5.69 Å². The first-order valence-corrected chi connectivity index (χ1v) is 5.68. The molecule has 0 saturated carbocycles. The average molecular weight is 235 g/mol. The van der Waals surface area contributed by atoms with Crippen LogP contribution in [0.15, 0.2) is 48.5 Å². The number of carbonyl (C=O) groups excluding carboxylic acids is 1. The van der Waals surface area contributed by atoms with E-state index < -0.39 is 0 Å². The highest BCUT2D eigenvalue weighted by Gasteiger charge is 1.97. The Morgan fingerprint density at radius 1 is 0.944 bits per heavy atom. The van der Waals surface area contributed by atoms with Crippen molar-refractivity contribution in [3.8, 4) is 11.8 Å². The third-order valence-electron chi connectivity index (χ3n) is 2.62. The Morgan fingerprint density at radius 2 is 1.56 bits per heavy atom. The number of para-hydroxylation sites is 1. The molecule has 1 N–H and O–H groups in total. The lowest BCUT2D eigenvalue weighted by Crippen LogP contribution is -1.96. The maximum Gasteiger partial charge on any atom is 0.211 e. The predicted octanol–water partition coefficient (Wildman–Crippen LogP) is 2.96. The minimum Gasteiger partial charge on any atom is -0.328 e. The first kappa shape index (κ1) is 11.9. The monoisotopic (exact) mass is 235 g/mol. The quantitative estimate of drug-likeness (QED) is 0.629. The van der Waals surface area contributed by atoms with Gasteiger partial charge in [-0.25, -0.2) is 0 Å². The normalized spacial score (nSPS) is 9.17. The second-order valence-electron chi connectivity index (χ2n) is 3.87. The second kappa shape index (κ2) is 5.70. The Bertz CT molecular complexity index is 620. The summed E-state index contributed by atoms with van der Waals surface area (Å²) in [6.07, 6.45) is 0.661. The number of hydrogen-bond acceptors (Lipinski definition) is 1. The Hall–Kier alpha value is -2.53. The number of rotatable bonds is 2. The fourth-order valence-electron chi connectivity index (χ4n) is 1.63. The smallest absolute Gasteiger partial charge is 0.211 e. The van der Waals surface area contributed by atoms with Gasteiger partial charge in [0.2, 0.25) is 6.41 Å². The number of amides is 1. The summed E-state index contributed by atoms with van der Waals surface area (Å²) in [7, 11) is 0. The molecule has 0 atom stereocenters. The molecule has 0 aromatic heterocycles. The van der Waals surface area contributed by atoms with Crippen LogP contribution in [0, 0.1) is 18.8 Å². The summed E-state index contributed by atoms with van der Waals surface area (Å²) in [4.78, 5) is 10.5. The van der Waals surface area contributed by atoms with E-state index in [0.717, 1.165) is 22.4 Å². The first-order chi connectivity index (χ1) is 8.81. The molecule has 1 amide bonds. The molecular formula is C16H13NO. The lowest BCUT2D eigenvalue weighted by atomic mass is 10.1. The number of hydrogen-bond donors (Lipinski definition) is 1. The van der Waals surface area contributed by atoms with E-state index >= 15 is 0 Å². The van der Waals surface area contributed by atoms with E-state index in [9.17, 15) is 4.79 Å². The van der Waals surface area contributed by atoms with Crippen LogP contribution in [0.5, 0.6) is 0 Å². The van der Waals surface area contributed by atoms with Crippen molar-refractivity contribution >= 4 is 12.1 Å². The molecule has 0 bridgehead atoms. The van der Waals surface area contributed by atoms with Crippen LogP contribution in [0.3, 0.4) is 0 Å². The summed E-state index contributed by atoms with van der Waals surface area (Å²) in [5.41, 5.74) is 3.69. The summed E-state index contributed by atoms with van der Waals surface area (Å²) in [6.45, 7) is 2.03. The van der Waals surface area contributed by atoms with E-state index in [1.807, 2.05) is 55.5 Å². The molecule has 0 saturated heterocycles. The number of carbonyl (C=O) groups is 1. The molecule has 0 aliphatic heterocycles. The van der Waals surface area contributed by atoms with E-state index in [1.54, 1.807) is 0 Å². The van der Waals surface area contributed by atoms with E-state index in [-0.39, 0.29) is 0 Å². The van der Waals surface area contributed by atoms with Gasteiger partial charge in [-0.1, -0.05) is 42.2 Å². The number of anilines is 1. The number of aryl methyl sites for hydroxylation is 1. The fourth-order valence-corrected chi connectivity index (χ4v) is 1.63. The van der Waals surface area contributed by atoms with Crippen molar-refractivity contribution in [2.75, 3.05) is 5.32 Å². The molecule has 18 heavy (non-hydrogen) atoms. The molecule has 0 unspecified atom stereocenters. The van der Waals surface area contributed by atoms with Gasteiger partial charge < -0.3 is 5.32 Å². The average Bonchev–Trinajstić information content (AvgIpc) is 2.40. The van der Waals surface area contributed by atoms with Crippen molar-refractivity contribution in [1.82, 2.24) is 0 Å². The molecule has 0 aliphatic rings. The number of benzene rings is 2. The molecule has 0 aliphatic carbocycles. The van der Waals surface area contributed by atoms with Gasteiger partial charge >= 0.3 is 0 Å². The molecule has 0 heterocycles. The molecule has 2 nitrogen and oxygen atoms in total. The minimum atomic E-state index is 0.661. The summed E-state index contributed by atoms with van der Waals surface area (Å²) in [5.74, 6) is 6.21. The van der Waals surface area contributed by atoms with Gasteiger partial charge in [-0.15, -0.1) is 0 Å². The highest BCUT2D eigenvalue weighted by atomic mass is 16.1. The van der Waals surface area contributed by atoms with Gasteiger partial charge in [-0.2, -0.15) is 0 Å². The van der Waals surface area contributed by atoms with Crippen LogP contribution in [-0.2, 0) is 4.79 Å². The minimum absolute atomic E-state index is 0.661. The molecule has 2 heteroatoms. The van der Waals surface area contributed by atoms with Gasteiger partial charge in [-0.3, -0.25) is 4.79 Å². The zero-order valence-electron chi connectivity index (χ0n) is 10.1. The molecule has 0 radical (unpaired) electrons. The van der Waals surface area contributed by atoms with Crippen molar-refractivity contribution in [3.63, 3.8) is 0 Å². The molecule has 0 spiro atoms. The Labute approximate surface area is 107 Å². The topological polar surface area (TPSA) is 29.1 Å². The van der Waals surface area contributed by atoms with Gasteiger partial charge in [0.1, 0.15) is 0 Å². The molecule has 88 valence electrons. The van der Waals surface area contributed by atoms with Crippen LogP contribution in [-0.4, -0.2) is 6.41 Å². The first-order valence-electron chi connectivity index (χ1n) is 5.68. The standard InChI is InChI=1S/C16H13NO/c1-13-6-2-3-7-14(13)10-11-15-8-4-5-9-16(15)17-12-18/h2-9,12H,1H3,(H,17,18). The predicted molar refractivity (Wildman–Crippen MR) is 73.3 cm³/mol. The highest BCUT2D eigenvalue weighted by Crippen LogP contribution is 2.13. The maximum atomic E-state index is 10.5. The number of nitrogens with one attached hydrogen (secondary N) is 1. The lowest BCUT2D eigenvalue weighted by Gasteiger charge is -2.01. The SMILES string of the molecule is Cc1ccccc1C#Cc1ccccc1NC=O. The van der Waals surface area contributed by atoms with Crippen molar-refractivity contribution in [1.29, 1.82) is 0 Å². The lowest BCUT2D eigenvalue weighted by molar-refractivity contribution is -0.105. The van der Waals surface area contributed by atoms with Gasteiger partial charge in [-0.05, 0) is 30.7 Å². The molecule has 2 rings (SSSR count). The third-order valence-corrected chi connectivity index (χ3v) is 2.62. The van der Waals surface area contributed by atoms with Crippen LogP contribution in [0.1, 0.15) is 16.7 Å². The van der Waals surface area contributed by atoms with Crippen molar-refractivity contribution in [2.45, 2.75) is 6.92 Å². The van der Waals surface area contributed by atoms with E-state index in [4.69, 9.17) is 0 Å². The highest BCUT2D eigenvalue weighted by molar-refractivity contribution is 5.75. The maximum absolute atomic E-state index is 10.5. The second-order valence-corrected chi connectivity index (χ2v) is 3.87. The van der Waals surface area contributed by atoms with Crippen LogP contribution in [0.4, 0.5) is 5.69 Å². The molecular weight excluding hydrogens is 222 g/mol. The van der Waals surface area contributed by atoms with Crippen LogP contribution in [0.2, 0.25) is 0 Å². The Balaban J connectivity index is 2.36. The summed E-state index contributed by atoms with van der Waals surface area (Å²) in [6, 6.07) is 15.4. The zero-order valence-corrected chi connectivity index (χ0v) is 10.1. The largest absolute Gasteiger partial charge is 0.328 e.